The fourth-order valence-electron chi connectivity index (χ4n) is 4.66. The van der Waals surface area contributed by atoms with E-state index in [-0.39, 0.29) is 34.4 Å². The molecule has 8 heteroatoms. The van der Waals surface area contributed by atoms with Gasteiger partial charge < -0.3 is 14.5 Å². The number of hydrogen-bond donors (Lipinski definition) is 0. The average Bonchev–Trinajstić information content (AvgIpc) is 3.14. The van der Waals surface area contributed by atoms with Crippen molar-refractivity contribution in [3.63, 3.8) is 0 Å². The first-order valence-electron chi connectivity index (χ1n) is 11.0. The van der Waals surface area contributed by atoms with E-state index in [1.807, 2.05) is 36.1 Å². The molecule has 8 nitrogen and oxygen atoms in total. The second kappa shape index (κ2) is 8.98. The molecule has 0 bridgehead atoms. The number of para-hydroxylation sites is 3. The zero-order chi connectivity index (χ0) is 22.8. The molecule has 168 valence electrons. The molecular weight excluding hydrogens is 410 g/mol. The van der Waals surface area contributed by atoms with Gasteiger partial charge >= 0.3 is 5.97 Å². The quantitative estimate of drug-likeness (QED) is 0.402. The summed E-state index contributed by atoms with van der Waals surface area (Å²) in [5.41, 5.74) is 2.63. The number of carbonyl (C=O) groups excluding carboxylic acids is 2. The Morgan fingerprint density at radius 1 is 1.06 bits per heavy atom. The maximum atomic E-state index is 13.1. The van der Waals surface area contributed by atoms with Crippen molar-refractivity contribution in [2.24, 2.45) is 5.92 Å². The average molecular weight is 437 g/mol. The molecule has 1 amide bonds. The Bertz CT molecular complexity index is 1030. The number of carbonyl (C=O) groups is 2. The van der Waals surface area contributed by atoms with E-state index < -0.39 is 6.10 Å². The molecule has 1 fully saturated rings. The first kappa shape index (κ1) is 21.8. The number of rotatable bonds is 5. The predicted octanol–water partition coefficient (Wildman–Crippen LogP) is 3.72. The van der Waals surface area contributed by atoms with Crippen molar-refractivity contribution < 1.29 is 19.2 Å². The Morgan fingerprint density at radius 2 is 1.69 bits per heavy atom. The van der Waals surface area contributed by atoms with E-state index in [9.17, 15) is 19.7 Å². The second-order valence-corrected chi connectivity index (χ2v) is 8.48. The lowest BCUT2D eigenvalue weighted by atomic mass is 9.96. The molecule has 0 N–H and O–H groups in total. The van der Waals surface area contributed by atoms with Crippen LogP contribution in [0.15, 0.2) is 48.5 Å². The molecule has 2 heterocycles. The zero-order valence-corrected chi connectivity index (χ0v) is 18.3. The van der Waals surface area contributed by atoms with Crippen LogP contribution in [0.1, 0.15) is 32.3 Å². The van der Waals surface area contributed by atoms with Gasteiger partial charge in [-0.05, 0) is 50.8 Å². The van der Waals surface area contributed by atoms with Gasteiger partial charge in [-0.3, -0.25) is 19.7 Å². The summed E-state index contributed by atoms with van der Waals surface area (Å²) in [6.45, 7) is 4.65. The monoisotopic (exact) mass is 437 g/mol. The predicted molar refractivity (Wildman–Crippen MR) is 121 cm³/mol. The van der Waals surface area contributed by atoms with Gasteiger partial charge in [-0.1, -0.05) is 30.3 Å². The van der Waals surface area contributed by atoms with E-state index in [2.05, 4.69) is 0 Å². The second-order valence-electron chi connectivity index (χ2n) is 8.48. The molecule has 4 rings (SSSR count). The number of nitrogens with zero attached hydrogens (tertiary/aromatic N) is 3. The van der Waals surface area contributed by atoms with Crippen LogP contribution in [0, 0.1) is 16.0 Å². The molecule has 2 unspecified atom stereocenters. The lowest BCUT2D eigenvalue weighted by Gasteiger charge is -2.33. The molecule has 2 aromatic rings. The largest absolute Gasteiger partial charge is 0.452 e. The van der Waals surface area contributed by atoms with E-state index in [1.54, 1.807) is 30.0 Å². The minimum Gasteiger partial charge on any atom is -0.452 e. The number of ether oxygens (including phenoxy) is 1. The topological polar surface area (TPSA) is 93.0 Å². The third kappa shape index (κ3) is 4.17. The van der Waals surface area contributed by atoms with E-state index in [4.69, 9.17) is 4.74 Å². The highest BCUT2D eigenvalue weighted by Gasteiger charge is 2.36. The normalized spacial score (nSPS) is 19.4. The van der Waals surface area contributed by atoms with Crippen LogP contribution in [0.25, 0.3) is 0 Å². The molecule has 2 atom stereocenters. The van der Waals surface area contributed by atoms with Crippen molar-refractivity contribution in [2.75, 3.05) is 22.9 Å². The number of amides is 1. The summed E-state index contributed by atoms with van der Waals surface area (Å²) < 4.78 is 5.57. The lowest BCUT2D eigenvalue weighted by molar-refractivity contribution is -0.384. The molecule has 0 saturated carbocycles. The number of anilines is 2. The third-order valence-electron chi connectivity index (χ3n) is 6.33. The number of fused-ring (bicyclic) bond motifs is 1. The van der Waals surface area contributed by atoms with Crippen molar-refractivity contribution in [3.8, 4) is 0 Å². The van der Waals surface area contributed by atoms with Gasteiger partial charge in [0.25, 0.3) is 11.6 Å². The fourth-order valence-corrected chi connectivity index (χ4v) is 4.66. The van der Waals surface area contributed by atoms with Gasteiger partial charge in [0.1, 0.15) is 5.69 Å². The SMILES string of the molecule is CC(OC(=O)C1CCN(c2ccccc2[N+](=O)[O-])CC1)C(=O)N1c2ccccc2CC1C. The van der Waals surface area contributed by atoms with Gasteiger partial charge in [0.2, 0.25) is 0 Å². The van der Waals surface area contributed by atoms with Crippen molar-refractivity contribution in [1.29, 1.82) is 0 Å². The molecule has 0 aliphatic carbocycles. The van der Waals surface area contributed by atoms with Crippen LogP contribution in [0.2, 0.25) is 0 Å². The first-order chi connectivity index (χ1) is 15.4. The smallest absolute Gasteiger partial charge is 0.309 e. The van der Waals surface area contributed by atoms with Gasteiger partial charge in [0.05, 0.1) is 10.8 Å². The van der Waals surface area contributed by atoms with Crippen LogP contribution in [0.5, 0.6) is 0 Å². The van der Waals surface area contributed by atoms with Crippen LogP contribution in [-0.2, 0) is 20.7 Å². The Balaban J connectivity index is 1.35. The lowest BCUT2D eigenvalue weighted by Crippen LogP contribution is -2.44. The van der Waals surface area contributed by atoms with Crippen LogP contribution >= 0.6 is 0 Å². The van der Waals surface area contributed by atoms with Gasteiger partial charge in [-0.25, -0.2) is 0 Å². The highest BCUT2D eigenvalue weighted by Crippen LogP contribution is 2.34. The van der Waals surface area contributed by atoms with E-state index in [0.717, 1.165) is 17.7 Å². The van der Waals surface area contributed by atoms with Crippen molar-refractivity contribution >= 4 is 28.9 Å². The number of nitro groups is 1. The molecular formula is C24H27N3O5. The third-order valence-corrected chi connectivity index (χ3v) is 6.33. The summed E-state index contributed by atoms with van der Waals surface area (Å²) in [6, 6.07) is 14.4. The number of esters is 1. The van der Waals surface area contributed by atoms with Crippen LogP contribution in [0.4, 0.5) is 17.1 Å². The highest BCUT2D eigenvalue weighted by atomic mass is 16.6. The first-order valence-corrected chi connectivity index (χ1v) is 11.0. The maximum absolute atomic E-state index is 13.1. The summed E-state index contributed by atoms with van der Waals surface area (Å²) >= 11 is 0. The molecule has 32 heavy (non-hydrogen) atoms. The minimum absolute atomic E-state index is 0.0194. The number of piperidine rings is 1. The van der Waals surface area contributed by atoms with Gasteiger partial charge in [0, 0.05) is 30.9 Å². The number of benzene rings is 2. The van der Waals surface area contributed by atoms with Crippen LogP contribution in [-0.4, -0.2) is 42.0 Å². The molecule has 2 aliphatic heterocycles. The van der Waals surface area contributed by atoms with Crippen molar-refractivity contribution in [2.45, 2.75) is 45.3 Å². The highest BCUT2D eigenvalue weighted by molar-refractivity contribution is 5.99. The number of nitro benzene ring substituents is 1. The fraction of sp³-hybridized carbons (Fsp3) is 0.417. The molecule has 1 saturated heterocycles. The van der Waals surface area contributed by atoms with E-state index in [1.165, 1.54) is 6.07 Å². The molecule has 2 aromatic carbocycles. The summed E-state index contributed by atoms with van der Waals surface area (Å²) in [6.07, 6.45) is 0.959. The zero-order valence-electron chi connectivity index (χ0n) is 18.3. The van der Waals surface area contributed by atoms with E-state index >= 15 is 0 Å². The summed E-state index contributed by atoms with van der Waals surface area (Å²) in [5.74, 6) is -0.922. The van der Waals surface area contributed by atoms with Crippen molar-refractivity contribution in [1.82, 2.24) is 0 Å². The van der Waals surface area contributed by atoms with Gasteiger partial charge in [-0.15, -0.1) is 0 Å². The Morgan fingerprint density at radius 3 is 2.38 bits per heavy atom. The molecule has 0 aromatic heterocycles. The Kier molecular flexibility index (Phi) is 6.12. The Hall–Kier alpha value is -3.42. The van der Waals surface area contributed by atoms with Gasteiger partial charge in [0.15, 0.2) is 6.10 Å². The van der Waals surface area contributed by atoms with Crippen molar-refractivity contribution in [3.05, 3.63) is 64.2 Å². The van der Waals surface area contributed by atoms with E-state index in [0.29, 0.717) is 31.6 Å². The molecule has 0 spiro atoms. The maximum Gasteiger partial charge on any atom is 0.309 e. The number of hydrogen-bond acceptors (Lipinski definition) is 6. The summed E-state index contributed by atoms with van der Waals surface area (Å²) in [4.78, 5) is 40.4. The Labute approximate surface area is 186 Å². The van der Waals surface area contributed by atoms with Crippen LogP contribution < -0.4 is 9.80 Å². The van der Waals surface area contributed by atoms with Gasteiger partial charge in [-0.2, -0.15) is 0 Å². The molecule has 0 radical (unpaired) electrons. The minimum atomic E-state index is -0.871. The molecule has 2 aliphatic rings. The summed E-state index contributed by atoms with van der Waals surface area (Å²) in [7, 11) is 0. The summed E-state index contributed by atoms with van der Waals surface area (Å²) in [5, 5.41) is 11.3. The van der Waals surface area contributed by atoms with Crippen LogP contribution in [0.3, 0.4) is 0 Å². The standard InChI is InChI=1S/C24H27N3O5/c1-16-15-19-7-3-4-8-20(19)26(16)23(28)17(2)32-24(29)18-11-13-25(14-12-18)21-9-5-6-10-22(21)27(30)31/h3-10,16-18H,11-15H2,1-2H3.